The van der Waals surface area contributed by atoms with Gasteiger partial charge in [-0.25, -0.2) is 0 Å². The number of hydrogen-bond acceptors (Lipinski definition) is 3. The summed E-state index contributed by atoms with van der Waals surface area (Å²) in [5, 5.41) is 0. The molecule has 0 amide bonds. The number of carbonyl (C=O) groups is 1. The molecule has 0 spiro atoms. The zero-order valence-electron chi connectivity index (χ0n) is 8.87. The molecule has 3 nitrogen and oxygen atoms in total. The molecule has 1 saturated heterocycles. The average molecular weight is 197 g/mol. The van der Waals surface area contributed by atoms with Crippen molar-refractivity contribution in [3.8, 4) is 0 Å². The normalized spacial score (nSPS) is 28.8. The van der Waals surface area contributed by atoms with E-state index in [1.807, 2.05) is 0 Å². The Kier molecular flexibility index (Phi) is 3.06. The van der Waals surface area contributed by atoms with E-state index in [0.717, 1.165) is 25.4 Å². The Morgan fingerprint density at radius 2 is 2.14 bits per heavy atom. The lowest BCUT2D eigenvalue weighted by molar-refractivity contribution is -0.148. The van der Waals surface area contributed by atoms with E-state index >= 15 is 0 Å². The number of piperidine rings is 1. The van der Waals surface area contributed by atoms with E-state index in [1.165, 1.54) is 32.8 Å². The Morgan fingerprint density at radius 3 is 2.79 bits per heavy atom. The Hall–Kier alpha value is -0.570. The van der Waals surface area contributed by atoms with Crippen molar-refractivity contribution in [1.29, 1.82) is 0 Å². The van der Waals surface area contributed by atoms with Gasteiger partial charge in [-0.2, -0.15) is 0 Å². The molecule has 2 fully saturated rings. The second-order valence-electron chi connectivity index (χ2n) is 4.47. The predicted molar refractivity (Wildman–Crippen MR) is 54.0 cm³/mol. The van der Waals surface area contributed by atoms with E-state index in [2.05, 4.69) is 4.90 Å². The Morgan fingerprint density at radius 1 is 1.36 bits per heavy atom. The Labute approximate surface area is 85.4 Å². The van der Waals surface area contributed by atoms with Gasteiger partial charge < -0.3 is 4.74 Å². The molecule has 0 aromatic carbocycles. The zero-order chi connectivity index (χ0) is 9.97. The first-order chi connectivity index (χ1) is 6.81. The lowest BCUT2D eigenvalue weighted by Gasteiger charge is -2.33. The minimum atomic E-state index is -0.0367. The SMILES string of the molecule is COC(=O)[C@H]1CCCCN1CC1CC1. The van der Waals surface area contributed by atoms with Gasteiger partial charge in [0.05, 0.1) is 7.11 Å². The molecule has 0 aromatic heterocycles. The summed E-state index contributed by atoms with van der Waals surface area (Å²) in [4.78, 5) is 13.8. The minimum Gasteiger partial charge on any atom is -0.468 e. The molecule has 2 aliphatic rings. The third-order valence-electron chi connectivity index (χ3n) is 3.28. The van der Waals surface area contributed by atoms with Gasteiger partial charge in [-0.1, -0.05) is 6.42 Å². The number of methoxy groups -OCH3 is 1. The zero-order valence-corrected chi connectivity index (χ0v) is 8.87. The molecule has 80 valence electrons. The second kappa shape index (κ2) is 4.30. The monoisotopic (exact) mass is 197 g/mol. The molecule has 14 heavy (non-hydrogen) atoms. The fraction of sp³-hybridized carbons (Fsp3) is 0.909. The van der Waals surface area contributed by atoms with Crippen LogP contribution in [-0.2, 0) is 9.53 Å². The Balaban J connectivity index is 1.91. The highest BCUT2D eigenvalue weighted by atomic mass is 16.5. The van der Waals surface area contributed by atoms with Crippen LogP contribution in [0.25, 0.3) is 0 Å². The molecule has 1 atom stereocenters. The van der Waals surface area contributed by atoms with E-state index < -0.39 is 0 Å². The van der Waals surface area contributed by atoms with Crippen molar-refractivity contribution in [2.75, 3.05) is 20.2 Å². The van der Waals surface area contributed by atoms with Gasteiger partial charge in [-0.15, -0.1) is 0 Å². The summed E-state index contributed by atoms with van der Waals surface area (Å²) in [6.45, 7) is 2.19. The van der Waals surface area contributed by atoms with Crippen LogP contribution in [0.3, 0.4) is 0 Å². The van der Waals surface area contributed by atoms with Crippen LogP contribution in [0.15, 0.2) is 0 Å². The van der Waals surface area contributed by atoms with E-state index in [-0.39, 0.29) is 12.0 Å². The molecule has 1 aliphatic carbocycles. The van der Waals surface area contributed by atoms with Crippen molar-refractivity contribution < 1.29 is 9.53 Å². The summed E-state index contributed by atoms with van der Waals surface area (Å²) in [6.07, 6.45) is 6.09. The van der Waals surface area contributed by atoms with E-state index in [0.29, 0.717) is 0 Å². The van der Waals surface area contributed by atoms with E-state index in [9.17, 15) is 4.79 Å². The standard InChI is InChI=1S/C11H19NO2/c1-14-11(13)10-4-2-3-7-12(10)8-9-5-6-9/h9-10H,2-8H2,1H3/t10-/m1/s1. The molecule has 1 aliphatic heterocycles. The highest BCUT2D eigenvalue weighted by Gasteiger charge is 2.33. The van der Waals surface area contributed by atoms with Gasteiger partial charge >= 0.3 is 5.97 Å². The highest BCUT2D eigenvalue weighted by molar-refractivity contribution is 5.75. The van der Waals surface area contributed by atoms with Gasteiger partial charge in [0.1, 0.15) is 6.04 Å². The van der Waals surface area contributed by atoms with Crippen molar-refractivity contribution in [2.24, 2.45) is 5.92 Å². The third kappa shape index (κ3) is 2.27. The van der Waals surface area contributed by atoms with Gasteiger partial charge in [-0.05, 0) is 38.1 Å². The van der Waals surface area contributed by atoms with Crippen LogP contribution in [0.1, 0.15) is 32.1 Å². The van der Waals surface area contributed by atoms with Crippen LogP contribution in [0.2, 0.25) is 0 Å². The summed E-state index contributed by atoms with van der Waals surface area (Å²) in [5.74, 6) is 0.825. The molecule has 2 rings (SSSR count). The number of likely N-dealkylation sites (tertiary alicyclic amines) is 1. The Bertz CT molecular complexity index is 213. The number of carbonyl (C=O) groups excluding carboxylic acids is 1. The summed E-state index contributed by atoms with van der Waals surface area (Å²) in [7, 11) is 1.49. The maximum absolute atomic E-state index is 11.5. The second-order valence-corrected chi connectivity index (χ2v) is 4.47. The molecule has 0 aromatic rings. The first kappa shape index (κ1) is 9.97. The summed E-state index contributed by atoms with van der Waals surface area (Å²) >= 11 is 0. The molecule has 1 saturated carbocycles. The van der Waals surface area contributed by atoms with Gasteiger partial charge in [0.15, 0.2) is 0 Å². The van der Waals surface area contributed by atoms with Crippen molar-refractivity contribution >= 4 is 5.97 Å². The predicted octanol–water partition coefficient (Wildman–Crippen LogP) is 1.42. The molecular formula is C11H19NO2. The first-order valence-electron chi connectivity index (χ1n) is 5.63. The van der Waals surface area contributed by atoms with E-state index in [4.69, 9.17) is 4.74 Å². The topological polar surface area (TPSA) is 29.5 Å². The number of nitrogens with zero attached hydrogens (tertiary/aromatic N) is 1. The van der Waals surface area contributed by atoms with Crippen LogP contribution < -0.4 is 0 Å². The van der Waals surface area contributed by atoms with Gasteiger partial charge in [0.2, 0.25) is 0 Å². The molecule has 0 bridgehead atoms. The third-order valence-corrected chi connectivity index (χ3v) is 3.28. The number of rotatable bonds is 3. The average Bonchev–Trinajstić information content (AvgIpc) is 3.01. The van der Waals surface area contributed by atoms with Crippen LogP contribution in [-0.4, -0.2) is 37.1 Å². The molecular weight excluding hydrogens is 178 g/mol. The quantitative estimate of drug-likeness (QED) is 0.641. The molecule has 3 heteroatoms. The van der Waals surface area contributed by atoms with Crippen molar-refractivity contribution in [1.82, 2.24) is 4.90 Å². The first-order valence-corrected chi connectivity index (χ1v) is 5.63. The molecule has 1 heterocycles. The fourth-order valence-corrected chi connectivity index (χ4v) is 2.24. The van der Waals surface area contributed by atoms with Crippen molar-refractivity contribution in [2.45, 2.75) is 38.1 Å². The smallest absolute Gasteiger partial charge is 0.323 e. The summed E-state index contributed by atoms with van der Waals surface area (Å²) in [6, 6.07) is 0.0503. The lowest BCUT2D eigenvalue weighted by atomic mass is 10.0. The minimum absolute atomic E-state index is 0.0367. The summed E-state index contributed by atoms with van der Waals surface area (Å²) in [5.41, 5.74) is 0. The maximum atomic E-state index is 11.5. The van der Waals surface area contributed by atoms with Gasteiger partial charge in [0.25, 0.3) is 0 Å². The van der Waals surface area contributed by atoms with Crippen molar-refractivity contribution in [3.05, 3.63) is 0 Å². The summed E-state index contributed by atoms with van der Waals surface area (Å²) < 4.78 is 4.84. The van der Waals surface area contributed by atoms with Crippen LogP contribution in [0.4, 0.5) is 0 Å². The highest BCUT2D eigenvalue weighted by Crippen LogP contribution is 2.32. The fourth-order valence-electron chi connectivity index (χ4n) is 2.24. The van der Waals surface area contributed by atoms with E-state index in [1.54, 1.807) is 0 Å². The maximum Gasteiger partial charge on any atom is 0.323 e. The van der Waals surface area contributed by atoms with Crippen LogP contribution in [0, 0.1) is 5.92 Å². The van der Waals surface area contributed by atoms with Gasteiger partial charge in [0, 0.05) is 6.54 Å². The van der Waals surface area contributed by atoms with Gasteiger partial charge in [-0.3, -0.25) is 9.69 Å². The van der Waals surface area contributed by atoms with Crippen molar-refractivity contribution in [3.63, 3.8) is 0 Å². The van der Waals surface area contributed by atoms with Crippen LogP contribution >= 0.6 is 0 Å². The number of ether oxygens (including phenoxy) is 1. The largest absolute Gasteiger partial charge is 0.468 e. The number of hydrogen-bond donors (Lipinski definition) is 0. The van der Waals surface area contributed by atoms with Crippen LogP contribution in [0.5, 0.6) is 0 Å². The molecule has 0 N–H and O–H groups in total. The molecule has 0 radical (unpaired) electrons. The molecule has 0 unspecified atom stereocenters. The lowest BCUT2D eigenvalue weighted by Crippen LogP contribution is -2.46. The number of esters is 1.